The Labute approximate surface area is 44.7 Å². The molecule has 0 aromatic rings. The molecule has 0 radical (unpaired) electrons. The van der Waals surface area contributed by atoms with Crippen molar-refractivity contribution in [3.8, 4) is 0 Å². The zero-order valence-corrected chi connectivity index (χ0v) is 4.79. The molecule has 1 fully saturated rings. The highest BCUT2D eigenvalue weighted by Crippen LogP contribution is 1.98. The van der Waals surface area contributed by atoms with Gasteiger partial charge in [-0.1, -0.05) is 0 Å². The van der Waals surface area contributed by atoms with Crippen molar-refractivity contribution in [2.45, 2.75) is 6.42 Å². The van der Waals surface area contributed by atoms with Crippen molar-refractivity contribution < 1.29 is 0 Å². The summed E-state index contributed by atoms with van der Waals surface area (Å²) in [5.74, 6) is 0. The predicted molar refractivity (Wildman–Crippen MR) is 29.4 cm³/mol. The van der Waals surface area contributed by atoms with Crippen LogP contribution in [0, 0.1) is 0 Å². The molecular formula is C4H10ClN. The summed E-state index contributed by atoms with van der Waals surface area (Å²) in [5.41, 5.74) is 0. The van der Waals surface area contributed by atoms with Gasteiger partial charge in [0, 0.05) is 0 Å². The molecule has 1 aliphatic rings. The maximum absolute atomic E-state index is 2.31. The maximum atomic E-state index is 2.31. The summed E-state index contributed by atoms with van der Waals surface area (Å²) in [6, 6.07) is 0. The highest BCUT2D eigenvalue weighted by atomic mass is 35.5. The second-order valence-corrected chi connectivity index (χ2v) is 1.66. The van der Waals surface area contributed by atoms with Crippen molar-refractivity contribution in [2.24, 2.45) is 0 Å². The van der Waals surface area contributed by atoms with E-state index in [1.54, 1.807) is 0 Å². The van der Waals surface area contributed by atoms with E-state index < -0.39 is 0 Å². The average Bonchev–Trinajstić information content (AvgIpc) is 1.30. The van der Waals surface area contributed by atoms with Crippen LogP contribution in [0.25, 0.3) is 0 Å². The van der Waals surface area contributed by atoms with Crippen molar-refractivity contribution in [3.05, 3.63) is 0 Å². The Morgan fingerprint density at radius 1 is 1.33 bits per heavy atom. The average molecular weight is 108 g/mol. The van der Waals surface area contributed by atoms with E-state index in [1.807, 2.05) is 0 Å². The Morgan fingerprint density at radius 3 is 1.67 bits per heavy atom. The smallest absolute Gasteiger partial charge is 0.000959 e. The molecule has 2 heteroatoms. The van der Waals surface area contributed by atoms with Gasteiger partial charge in [-0.25, -0.2) is 0 Å². The third-order valence-corrected chi connectivity index (χ3v) is 1.08. The molecule has 1 rings (SSSR count). The fourth-order valence-corrected chi connectivity index (χ4v) is 0.474. The van der Waals surface area contributed by atoms with Gasteiger partial charge in [0.05, 0.1) is 0 Å². The zero-order chi connectivity index (χ0) is 3.70. The van der Waals surface area contributed by atoms with Crippen LogP contribution in [0.2, 0.25) is 0 Å². The van der Waals surface area contributed by atoms with Gasteiger partial charge in [-0.05, 0) is 26.6 Å². The van der Waals surface area contributed by atoms with Crippen LogP contribution in [0.5, 0.6) is 0 Å². The van der Waals surface area contributed by atoms with Gasteiger partial charge in [-0.2, -0.15) is 0 Å². The summed E-state index contributed by atoms with van der Waals surface area (Å²) in [5, 5.41) is 0. The first-order valence-corrected chi connectivity index (χ1v) is 2.08. The van der Waals surface area contributed by atoms with E-state index in [-0.39, 0.29) is 12.4 Å². The summed E-state index contributed by atoms with van der Waals surface area (Å²) in [6.45, 7) is 2.64. The minimum absolute atomic E-state index is 0. The number of nitrogens with zero attached hydrogens (tertiary/aromatic N) is 1. The number of halogens is 1. The van der Waals surface area contributed by atoms with E-state index in [0.717, 1.165) is 0 Å². The molecule has 0 aromatic carbocycles. The Kier molecular flexibility index (Phi) is 2.53. The van der Waals surface area contributed by atoms with Crippen LogP contribution in [-0.2, 0) is 0 Å². The minimum Gasteiger partial charge on any atom is -0.306 e. The fourth-order valence-electron chi connectivity index (χ4n) is 0.474. The van der Waals surface area contributed by atoms with Crippen molar-refractivity contribution in [1.82, 2.24) is 4.90 Å². The molecule has 1 heterocycles. The second kappa shape index (κ2) is 2.43. The third kappa shape index (κ3) is 1.15. The van der Waals surface area contributed by atoms with E-state index in [9.17, 15) is 0 Å². The first kappa shape index (κ1) is 6.25. The van der Waals surface area contributed by atoms with E-state index in [2.05, 4.69) is 11.9 Å². The number of rotatable bonds is 0. The molecule has 0 saturated carbocycles. The molecule has 0 spiro atoms. The first-order valence-electron chi connectivity index (χ1n) is 2.08. The quantitative estimate of drug-likeness (QED) is 0.442. The van der Waals surface area contributed by atoms with Crippen molar-refractivity contribution >= 4 is 12.4 Å². The maximum Gasteiger partial charge on any atom is -0.000959 e. The van der Waals surface area contributed by atoms with Crippen LogP contribution < -0.4 is 0 Å². The van der Waals surface area contributed by atoms with Crippen molar-refractivity contribution in [3.63, 3.8) is 0 Å². The van der Waals surface area contributed by atoms with Gasteiger partial charge in [0.15, 0.2) is 0 Å². The van der Waals surface area contributed by atoms with E-state index in [1.165, 1.54) is 19.5 Å². The first-order chi connectivity index (χ1) is 2.39. The van der Waals surface area contributed by atoms with Crippen LogP contribution in [0.1, 0.15) is 6.42 Å². The van der Waals surface area contributed by atoms with Crippen LogP contribution in [0.3, 0.4) is 0 Å². The standard InChI is InChI=1S/C4H9N.ClH/c1-5-3-2-4-5;/h2-4H2,1H3;1H. The summed E-state index contributed by atoms with van der Waals surface area (Å²) in [4.78, 5) is 2.31. The van der Waals surface area contributed by atoms with Gasteiger partial charge in [-0.3, -0.25) is 0 Å². The predicted octanol–water partition coefficient (Wildman–Crippen LogP) is 0.744. The lowest BCUT2D eigenvalue weighted by molar-refractivity contribution is 0.229. The van der Waals surface area contributed by atoms with Crippen LogP contribution >= 0.6 is 12.4 Å². The van der Waals surface area contributed by atoms with Gasteiger partial charge in [0.1, 0.15) is 0 Å². The highest BCUT2D eigenvalue weighted by Gasteiger charge is 2.04. The number of likely N-dealkylation sites (tertiary alicyclic amines) is 1. The Balaban J connectivity index is 0.000000250. The van der Waals surface area contributed by atoms with Crippen molar-refractivity contribution in [2.75, 3.05) is 20.1 Å². The summed E-state index contributed by atoms with van der Waals surface area (Å²) >= 11 is 0. The van der Waals surface area contributed by atoms with Crippen LogP contribution in [-0.4, -0.2) is 25.0 Å². The summed E-state index contributed by atoms with van der Waals surface area (Å²) < 4.78 is 0. The largest absolute Gasteiger partial charge is 0.306 e. The molecule has 0 atom stereocenters. The van der Waals surface area contributed by atoms with E-state index >= 15 is 0 Å². The van der Waals surface area contributed by atoms with Crippen LogP contribution in [0.4, 0.5) is 0 Å². The molecule has 0 N–H and O–H groups in total. The molecule has 38 valence electrons. The lowest BCUT2D eigenvalue weighted by Gasteiger charge is -2.24. The van der Waals surface area contributed by atoms with Gasteiger partial charge < -0.3 is 4.90 Å². The zero-order valence-electron chi connectivity index (χ0n) is 3.98. The molecule has 0 aliphatic carbocycles. The molecular weight excluding hydrogens is 97.5 g/mol. The monoisotopic (exact) mass is 107 g/mol. The topological polar surface area (TPSA) is 3.24 Å². The summed E-state index contributed by atoms with van der Waals surface area (Å²) in [7, 11) is 2.14. The molecule has 1 saturated heterocycles. The number of hydrogen-bond donors (Lipinski definition) is 0. The summed E-state index contributed by atoms with van der Waals surface area (Å²) in [6.07, 6.45) is 1.41. The number of hydrogen-bond acceptors (Lipinski definition) is 1. The molecule has 1 aliphatic heterocycles. The van der Waals surface area contributed by atoms with Gasteiger partial charge in [-0.15, -0.1) is 12.4 Å². The van der Waals surface area contributed by atoms with Gasteiger partial charge in [0.25, 0.3) is 0 Å². The van der Waals surface area contributed by atoms with Crippen LogP contribution in [0.15, 0.2) is 0 Å². The molecule has 0 unspecified atom stereocenters. The Hall–Kier alpha value is 0.250. The highest BCUT2D eigenvalue weighted by molar-refractivity contribution is 5.85. The Bertz CT molecular complexity index is 34.5. The normalized spacial score (nSPS) is 21.5. The molecule has 0 aromatic heterocycles. The minimum atomic E-state index is 0. The second-order valence-electron chi connectivity index (χ2n) is 1.66. The molecule has 0 amide bonds. The van der Waals surface area contributed by atoms with Gasteiger partial charge in [0.2, 0.25) is 0 Å². The molecule has 1 nitrogen and oxygen atoms in total. The lowest BCUT2D eigenvalue weighted by atomic mass is 10.3. The van der Waals surface area contributed by atoms with E-state index in [4.69, 9.17) is 0 Å². The SMILES string of the molecule is CN1CCC1.Cl. The molecule has 0 bridgehead atoms. The van der Waals surface area contributed by atoms with Gasteiger partial charge >= 0.3 is 0 Å². The fraction of sp³-hybridized carbons (Fsp3) is 1.00. The van der Waals surface area contributed by atoms with E-state index in [0.29, 0.717) is 0 Å². The van der Waals surface area contributed by atoms with Crippen molar-refractivity contribution in [1.29, 1.82) is 0 Å². The molecule has 6 heavy (non-hydrogen) atoms. The Morgan fingerprint density at radius 2 is 1.67 bits per heavy atom. The lowest BCUT2D eigenvalue weighted by Crippen LogP contribution is -2.32. The third-order valence-electron chi connectivity index (χ3n) is 1.08.